The molecular formula is C15H19NO3S. The van der Waals surface area contributed by atoms with Crippen molar-refractivity contribution in [3.63, 3.8) is 0 Å². The van der Waals surface area contributed by atoms with Gasteiger partial charge in [0.05, 0.1) is 9.71 Å². The Balaban J connectivity index is 2.50. The summed E-state index contributed by atoms with van der Waals surface area (Å²) in [6.45, 7) is 9.38. The Kier molecular flexibility index (Phi) is 3.50. The van der Waals surface area contributed by atoms with Crippen LogP contribution in [-0.4, -0.2) is 21.7 Å². The van der Waals surface area contributed by atoms with Gasteiger partial charge in [0.2, 0.25) is 0 Å². The number of rotatable bonds is 3. The molecule has 5 heteroatoms. The van der Waals surface area contributed by atoms with Crippen LogP contribution in [0.5, 0.6) is 5.75 Å². The molecule has 0 radical (unpaired) electrons. The van der Waals surface area contributed by atoms with Gasteiger partial charge in [0.1, 0.15) is 11.3 Å². The number of para-hydroxylation sites is 1. The van der Waals surface area contributed by atoms with Crippen molar-refractivity contribution in [3.8, 4) is 5.75 Å². The van der Waals surface area contributed by atoms with Gasteiger partial charge < -0.3 is 9.84 Å². The van der Waals surface area contributed by atoms with Crippen molar-refractivity contribution in [1.82, 2.24) is 4.98 Å². The van der Waals surface area contributed by atoms with Gasteiger partial charge >= 0.3 is 5.97 Å². The highest BCUT2D eigenvalue weighted by molar-refractivity contribution is 7.18. The lowest BCUT2D eigenvalue weighted by atomic mass is 9.98. The smallest absolute Gasteiger partial charge is 0.347 e. The third-order valence-electron chi connectivity index (χ3n) is 2.90. The first-order valence-electron chi connectivity index (χ1n) is 6.44. The van der Waals surface area contributed by atoms with E-state index in [1.54, 1.807) is 17.4 Å². The number of carboxylic acid groups (broad SMARTS) is 1. The predicted molar refractivity (Wildman–Crippen MR) is 80.7 cm³/mol. The molecule has 2 rings (SSSR count). The minimum atomic E-state index is -1.28. The second-order valence-electron chi connectivity index (χ2n) is 6.29. The summed E-state index contributed by atoms with van der Waals surface area (Å²) < 4.78 is 6.66. The Morgan fingerprint density at radius 1 is 1.25 bits per heavy atom. The Hall–Kier alpha value is -1.62. The second kappa shape index (κ2) is 4.74. The zero-order valence-corrected chi connectivity index (χ0v) is 13.2. The van der Waals surface area contributed by atoms with Crippen LogP contribution in [0.1, 0.15) is 39.6 Å². The average Bonchev–Trinajstić information content (AvgIpc) is 2.73. The van der Waals surface area contributed by atoms with Crippen LogP contribution in [0.15, 0.2) is 18.2 Å². The largest absolute Gasteiger partial charge is 0.478 e. The molecule has 0 unspecified atom stereocenters. The van der Waals surface area contributed by atoms with Crippen LogP contribution in [0.2, 0.25) is 0 Å². The molecule has 1 aromatic heterocycles. The molecule has 2 aromatic rings. The van der Waals surface area contributed by atoms with Crippen molar-refractivity contribution in [2.45, 2.75) is 45.6 Å². The highest BCUT2D eigenvalue weighted by Crippen LogP contribution is 2.36. The van der Waals surface area contributed by atoms with E-state index in [2.05, 4.69) is 25.8 Å². The summed E-state index contributed by atoms with van der Waals surface area (Å²) in [5, 5.41) is 10.2. The molecule has 1 heterocycles. The van der Waals surface area contributed by atoms with E-state index in [-0.39, 0.29) is 5.41 Å². The van der Waals surface area contributed by atoms with E-state index >= 15 is 0 Å². The molecule has 0 atom stereocenters. The standard InChI is InChI=1S/C15H19NO3S/c1-14(2,3)12-16-11-9(7-6-8-10(11)20-12)19-15(4,5)13(17)18/h6-8H,1-5H3,(H,17,18). The number of aromatic nitrogens is 1. The lowest BCUT2D eigenvalue weighted by molar-refractivity contribution is -0.152. The van der Waals surface area contributed by atoms with Crippen LogP contribution in [0.4, 0.5) is 0 Å². The van der Waals surface area contributed by atoms with Crippen molar-refractivity contribution >= 4 is 27.5 Å². The normalized spacial score (nSPS) is 12.7. The van der Waals surface area contributed by atoms with Crippen LogP contribution in [0.25, 0.3) is 10.2 Å². The maximum Gasteiger partial charge on any atom is 0.347 e. The van der Waals surface area contributed by atoms with Crippen LogP contribution in [0, 0.1) is 0 Å². The van der Waals surface area contributed by atoms with Gasteiger partial charge in [-0.05, 0) is 26.0 Å². The number of aliphatic carboxylic acids is 1. The van der Waals surface area contributed by atoms with Gasteiger partial charge in [-0.1, -0.05) is 26.8 Å². The van der Waals surface area contributed by atoms with Gasteiger partial charge in [-0.2, -0.15) is 0 Å². The number of fused-ring (bicyclic) bond motifs is 1. The molecule has 0 spiro atoms. The van der Waals surface area contributed by atoms with Gasteiger partial charge in [0, 0.05) is 5.41 Å². The van der Waals surface area contributed by atoms with Crippen molar-refractivity contribution in [3.05, 3.63) is 23.2 Å². The second-order valence-corrected chi connectivity index (χ2v) is 7.32. The molecular weight excluding hydrogens is 274 g/mol. The van der Waals surface area contributed by atoms with Crippen molar-refractivity contribution < 1.29 is 14.6 Å². The van der Waals surface area contributed by atoms with Gasteiger partial charge in [-0.15, -0.1) is 11.3 Å². The molecule has 0 aliphatic rings. The first-order valence-corrected chi connectivity index (χ1v) is 7.25. The molecule has 0 saturated heterocycles. The van der Waals surface area contributed by atoms with Gasteiger partial charge in [-0.25, -0.2) is 9.78 Å². The maximum atomic E-state index is 11.2. The van der Waals surface area contributed by atoms with E-state index in [4.69, 9.17) is 9.84 Å². The van der Waals surface area contributed by atoms with E-state index in [1.165, 1.54) is 13.8 Å². The van der Waals surface area contributed by atoms with Crippen LogP contribution in [0.3, 0.4) is 0 Å². The summed E-state index contributed by atoms with van der Waals surface area (Å²) in [7, 11) is 0. The SMILES string of the molecule is CC(C)(Oc1cccc2sc(C(C)(C)C)nc12)C(=O)O. The maximum absolute atomic E-state index is 11.2. The number of ether oxygens (including phenoxy) is 1. The van der Waals surface area contributed by atoms with Crippen LogP contribution < -0.4 is 4.74 Å². The van der Waals surface area contributed by atoms with Crippen molar-refractivity contribution in [2.24, 2.45) is 0 Å². The highest BCUT2D eigenvalue weighted by Gasteiger charge is 2.30. The molecule has 0 bridgehead atoms. The molecule has 1 N–H and O–H groups in total. The number of nitrogens with zero attached hydrogens (tertiary/aromatic N) is 1. The van der Waals surface area contributed by atoms with E-state index in [0.29, 0.717) is 5.75 Å². The third-order valence-corrected chi connectivity index (χ3v) is 4.35. The number of hydrogen-bond acceptors (Lipinski definition) is 4. The van der Waals surface area contributed by atoms with Gasteiger partial charge in [0.15, 0.2) is 5.60 Å². The van der Waals surface area contributed by atoms with E-state index in [9.17, 15) is 4.79 Å². The van der Waals surface area contributed by atoms with Crippen LogP contribution in [-0.2, 0) is 10.2 Å². The summed E-state index contributed by atoms with van der Waals surface area (Å²) in [5.41, 5.74) is -0.583. The summed E-state index contributed by atoms with van der Waals surface area (Å²) >= 11 is 1.61. The fraction of sp³-hybridized carbons (Fsp3) is 0.467. The minimum Gasteiger partial charge on any atom is -0.478 e. The molecule has 0 aliphatic carbocycles. The molecule has 0 fully saturated rings. The first-order chi connectivity index (χ1) is 9.11. The van der Waals surface area contributed by atoms with Crippen LogP contribution >= 0.6 is 11.3 Å². The van der Waals surface area contributed by atoms with Crippen molar-refractivity contribution in [1.29, 1.82) is 0 Å². The number of carboxylic acids is 1. The molecule has 20 heavy (non-hydrogen) atoms. The zero-order valence-electron chi connectivity index (χ0n) is 12.4. The predicted octanol–water partition coefficient (Wildman–Crippen LogP) is 3.84. The number of thiazole rings is 1. The topological polar surface area (TPSA) is 59.4 Å². The zero-order chi connectivity index (χ0) is 15.1. The quantitative estimate of drug-likeness (QED) is 0.934. The molecule has 4 nitrogen and oxygen atoms in total. The highest BCUT2D eigenvalue weighted by atomic mass is 32.1. The van der Waals surface area contributed by atoms with Crippen molar-refractivity contribution in [2.75, 3.05) is 0 Å². The van der Waals surface area contributed by atoms with E-state index in [0.717, 1.165) is 15.2 Å². The molecule has 108 valence electrons. The molecule has 0 amide bonds. The Bertz CT molecular complexity index is 653. The molecule has 0 aliphatic heterocycles. The summed E-state index contributed by atoms with van der Waals surface area (Å²) in [6.07, 6.45) is 0. The minimum absolute atomic E-state index is 0.0384. The number of hydrogen-bond donors (Lipinski definition) is 1. The average molecular weight is 293 g/mol. The summed E-state index contributed by atoms with van der Waals surface area (Å²) in [4.78, 5) is 15.8. The third kappa shape index (κ3) is 2.77. The lowest BCUT2D eigenvalue weighted by Gasteiger charge is -2.21. The number of carbonyl (C=O) groups is 1. The Morgan fingerprint density at radius 2 is 1.90 bits per heavy atom. The number of benzene rings is 1. The van der Waals surface area contributed by atoms with Gasteiger partial charge in [-0.3, -0.25) is 0 Å². The fourth-order valence-electron chi connectivity index (χ4n) is 1.64. The monoisotopic (exact) mass is 293 g/mol. The van der Waals surface area contributed by atoms with E-state index in [1.807, 2.05) is 12.1 Å². The van der Waals surface area contributed by atoms with E-state index < -0.39 is 11.6 Å². The molecule has 0 saturated carbocycles. The molecule has 1 aromatic carbocycles. The Labute approximate surface area is 122 Å². The summed E-state index contributed by atoms with van der Waals surface area (Å²) in [5.74, 6) is -0.484. The first kappa shape index (κ1) is 14.8. The van der Waals surface area contributed by atoms with Gasteiger partial charge in [0.25, 0.3) is 0 Å². The Morgan fingerprint density at radius 3 is 2.45 bits per heavy atom. The lowest BCUT2D eigenvalue weighted by Crippen LogP contribution is -2.37. The fourth-order valence-corrected chi connectivity index (χ4v) is 2.69. The summed E-state index contributed by atoms with van der Waals surface area (Å²) in [6, 6.07) is 5.60.